The first-order chi connectivity index (χ1) is 13.5. The van der Waals surface area contributed by atoms with E-state index in [2.05, 4.69) is 20.1 Å². The van der Waals surface area contributed by atoms with Gasteiger partial charge in [0.2, 0.25) is 5.91 Å². The molecule has 29 heavy (non-hydrogen) atoms. The summed E-state index contributed by atoms with van der Waals surface area (Å²) in [4.78, 5) is 22.9. The van der Waals surface area contributed by atoms with Crippen LogP contribution < -0.4 is 5.32 Å². The zero-order valence-corrected chi connectivity index (χ0v) is 20.6. The lowest BCUT2D eigenvalue weighted by molar-refractivity contribution is -0.129. The van der Waals surface area contributed by atoms with Gasteiger partial charge in [-0.3, -0.25) is 14.7 Å². The van der Waals surface area contributed by atoms with Gasteiger partial charge in [-0.2, -0.15) is 0 Å². The van der Waals surface area contributed by atoms with Crippen molar-refractivity contribution in [3.63, 3.8) is 0 Å². The number of carbonyl (C=O) groups is 1. The molecule has 0 aromatic rings. The molecular formula is C21H38IN5O2. The van der Waals surface area contributed by atoms with E-state index in [0.717, 1.165) is 45.3 Å². The summed E-state index contributed by atoms with van der Waals surface area (Å²) in [5.74, 6) is 1.93. The van der Waals surface area contributed by atoms with E-state index in [1.54, 1.807) is 4.90 Å². The molecule has 1 spiro atoms. The fraction of sp³-hybridized carbons (Fsp3) is 0.905. The number of piperazine rings is 1. The van der Waals surface area contributed by atoms with Gasteiger partial charge in [-0.15, -0.1) is 24.0 Å². The maximum absolute atomic E-state index is 11.8. The zero-order chi connectivity index (χ0) is 19.7. The summed E-state index contributed by atoms with van der Waals surface area (Å²) in [6.45, 7) is 5.71. The molecule has 4 fully saturated rings. The van der Waals surface area contributed by atoms with Crippen LogP contribution in [0.25, 0.3) is 0 Å². The number of amides is 1. The molecule has 1 N–H and O–H groups in total. The van der Waals surface area contributed by atoms with Crippen LogP contribution in [-0.4, -0.2) is 99.2 Å². The summed E-state index contributed by atoms with van der Waals surface area (Å²) in [5, 5.41) is 3.87. The molecule has 2 aliphatic carbocycles. The topological polar surface area (TPSA) is 60.4 Å². The molecule has 2 saturated carbocycles. The van der Waals surface area contributed by atoms with E-state index in [-0.39, 0.29) is 29.9 Å². The SMILES string of the molecule is CN=C(NC1C2CCOC2C12CCCC2)N1CCN(CCC(=O)N(C)C)CC1.I. The number of ether oxygens (including phenoxy) is 1. The van der Waals surface area contributed by atoms with Crippen molar-refractivity contribution >= 4 is 35.8 Å². The molecule has 3 unspecified atom stereocenters. The van der Waals surface area contributed by atoms with E-state index < -0.39 is 0 Å². The predicted octanol–water partition coefficient (Wildman–Crippen LogP) is 1.62. The highest BCUT2D eigenvalue weighted by Gasteiger charge is 2.65. The van der Waals surface area contributed by atoms with Gasteiger partial charge in [0, 0.05) is 84.3 Å². The van der Waals surface area contributed by atoms with Gasteiger partial charge in [0.05, 0.1) is 6.10 Å². The van der Waals surface area contributed by atoms with Crippen LogP contribution in [0.2, 0.25) is 0 Å². The molecule has 3 atom stereocenters. The van der Waals surface area contributed by atoms with Crippen LogP contribution >= 0.6 is 24.0 Å². The third-order valence-electron chi connectivity index (χ3n) is 7.60. The standard InChI is InChI=1S/C21H37N5O2.HI/c1-22-20(26-13-11-25(12-14-26)10-6-17(27)24(2)3)23-18-16-7-15-28-19(16)21(18)8-4-5-9-21;/h16,18-19H,4-15H2,1-3H3,(H,22,23);1H. The van der Waals surface area contributed by atoms with Gasteiger partial charge in [-0.1, -0.05) is 12.8 Å². The lowest BCUT2D eigenvalue weighted by Gasteiger charge is -2.57. The Hall–Kier alpha value is -0.610. The molecule has 0 aromatic carbocycles. The van der Waals surface area contributed by atoms with Crippen LogP contribution in [-0.2, 0) is 9.53 Å². The third kappa shape index (κ3) is 4.39. The van der Waals surface area contributed by atoms with Crippen molar-refractivity contribution in [2.45, 2.75) is 50.7 Å². The Labute approximate surface area is 192 Å². The third-order valence-corrected chi connectivity index (χ3v) is 7.60. The van der Waals surface area contributed by atoms with Gasteiger partial charge in [0.1, 0.15) is 0 Å². The molecule has 0 radical (unpaired) electrons. The van der Waals surface area contributed by atoms with Crippen molar-refractivity contribution in [3.8, 4) is 0 Å². The number of nitrogens with one attached hydrogen (secondary N) is 1. The Kier molecular flexibility index (Phi) is 7.70. The highest BCUT2D eigenvalue weighted by molar-refractivity contribution is 14.0. The summed E-state index contributed by atoms with van der Waals surface area (Å²) >= 11 is 0. The minimum Gasteiger partial charge on any atom is -0.377 e. The Morgan fingerprint density at radius 2 is 1.90 bits per heavy atom. The largest absolute Gasteiger partial charge is 0.377 e. The predicted molar refractivity (Wildman–Crippen MR) is 126 cm³/mol. The number of hydrogen-bond donors (Lipinski definition) is 1. The zero-order valence-electron chi connectivity index (χ0n) is 18.2. The number of hydrogen-bond acceptors (Lipinski definition) is 4. The van der Waals surface area contributed by atoms with Gasteiger partial charge in [0.15, 0.2) is 5.96 Å². The fourth-order valence-electron chi connectivity index (χ4n) is 6.00. The first-order valence-corrected chi connectivity index (χ1v) is 11.1. The quantitative estimate of drug-likeness (QED) is 0.348. The highest BCUT2D eigenvalue weighted by atomic mass is 127. The normalized spacial score (nSPS) is 31.2. The first kappa shape index (κ1) is 23.1. The lowest BCUT2D eigenvalue weighted by atomic mass is 9.54. The average Bonchev–Trinajstić information content (AvgIpc) is 3.36. The van der Waals surface area contributed by atoms with Crippen LogP contribution in [0.15, 0.2) is 4.99 Å². The minimum atomic E-state index is 0. The molecule has 2 saturated heterocycles. The molecule has 7 nitrogen and oxygen atoms in total. The van der Waals surface area contributed by atoms with Crippen molar-refractivity contribution in [2.24, 2.45) is 16.3 Å². The number of aliphatic imine (C=N–C) groups is 1. The van der Waals surface area contributed by atoms with Crippen molar-refractivity contribution in [2.75, 3.05) is 60.5 Å². The van der Waals surface area contributed by atoms with Gasteiger partial charge >= 0.3 is 0 Å². The van der Waals surface area contributed by atoms with E-state index in [0.29, 0.717) is 29.9 Å². The average molecular weight is 519 g/mol. The highest BCUT2D eigenvalue weighted by Crippen LogP contribution is 2.60. The smallest absolute Gasteiger partial charge is 0.223 e. The Morgan fingerprint density at radius 1 is 1.21 bits per heavy atom. The van der Waals surface area contributed by atoms with Gasteiger partial charge < -0.3 is 19.9 Å². The molecule has 166 valence electrons. The second kappa shape index (κ2) is 9.68. The van der Waals surface area contributed by atoms with Crippen molar-refractivity contribution in [3.05, 3.63) is 0 Å². The van der Waals surface area contributed by atoms with Gasteiger partial charge in [0.25, 0.3) is 0 Å². The van der Waals surface area contributed by atoms with E-state index in [1.807, 2.05) is 21.1 Å². The second-order valence-electron chi connectivity index (χ2n) is 9.22. The van der Waals surface area contributed by atoms with E-state index >= 15 is 0 Å². The summed E-state index contributed by atoms with van der Waals surface area (Å²) < 4.78 is 6.13. The van der Waals surface area contributed by atoms with Crippen LogP contribution in [0.3, 0.4) is 0 Å². The summed E-state index contributed by atoms with van der Waals surface area (Å²) in [7, 11) is 5.56. The molecular weight excluding hydrogens is 481 g/mol. The number of nitrogens with zero attached hydrogens (tertiary/aromatic N) is 4. The number of guanidine groups is 1. The number of fused-ring (bicyclic) bond motifs is 2. The second-order valence-corrected chi connectivity index (χ2v) is 9.22. The first-order valence-electron chi connectivity index (χ1n) is 11.1. The maximum atomic E-state index is 11.8. The van der Waals surface area contributed by atoms with Crippen LogP contribution in [0.5, 0.6) is 0 Å². The molecule has 8 heteroatoms. The molecule has 4 rings (SSSR count). The van der Waals surface area contributed by atoms with Crippen LogP contribution in [0.1, 0.15) is 38.5 Å². The monoisotopic (exact) mass is 519 g/mol. The fourth-order valence-corrected chi connectivity index (χ4v) is 6.00. The number of carbonyl (C=O) groups excluding carboxylic acids is 1. The van der Waals surface area contributed by atoms with E-state index in [9.17, 15) is 4.79 Å². The van der Waals surface area contributed by atoms with Crippen molar-refractivity contribution in [1.82, 2.24) is 20.0 Å². The van der Waals surface area contributed by atoms with Gasteiger partial charge in [-0.25, -0.2) is 0 Å². The van der Waals surface area contributed by atoms with E-state index in [4.69, 9.17) is 4.74 Å². The summed E-state index contributed by atoms with van der Waals surface area (Å²) in [5.41, 5.74) is 0.353. The van der Waals surface area contributed by atoms with Gasteiger partial charge in [-0.05, 0) is 19.3 Å². The maximum Gasteiger partial charge on any atom is 0.223 e. The molecule has 0 aromatic heterocycles. The molecule has 2 heterocycles. The summed E-state index contributed by atoms with van der Waals surface area (Å²) in [6.07, 6.45) is 7.56. The van der Waals surface area contributed by atoms with E-state index in [1.165, 1.54) is 32.1 Å². The number of halogens is 1. The Morgan fingerprint density at radius 3 is 2.52 bits per heavy atom. The molecule has 2 aliphatic heterocycles. The van der Waals surface area contributed by atoms with Crippen molar-refractivity contribution in [1.29, 1.82) is 0 Å². The molecule has 0 bridgehead atoms. The van der Waals surface area contributed by atoms with Crippen LogP contribution in [0, 0.1) is 11.3 Å². The Balaban J connectivity index is 0.00000240. The summed E-state index contributed by atoms with van der Waals surface area (Å²) in [6, 6.07) is 0.525. The minimum absolute atomic E-state index is 0. The number of rotatable bonds is 4. The Bertz CT molecular complexity index is 600. The lowest BCUT2D eigenvalue weighted by Crippen LogP contribution is -2.70. The molecule has 1 amide bonds. The van der Waals surface area contributed by atoms with Crippen molar-refractivity contribution < 1.29 is 9.53 Å². The molecule has 4 aliphatic rings. The van der Waals surface area contributed by atoms with Crippen LogP contribution in [0.4, 0.5) is 0 Å².